The minimum Gasteiger partial charge on any atom is -0.468 e. The van der Waals surface area contributed by atoms with Crippen molar-refractivity contribution in [1.82, 2.24) is 10.2 Å². The van der Waals surface area contributed by atoms with E-state index < -0.39 is 0 Å². The van der Waals surface area contributed by atoms with Crippen LogP contribution in [0.3, 0.4) is 0 Å². The van der Waals surface area contributed by atoms with E-state index in [-0.39, 0.29) is 5.97 Å². The molecular weight excluding hydrogens is 180 g/mol. The molecule has 0 amide bonds. The maximum Gasteiger partial charge on any atom is 0.319 e. The second kappa shape index (κ2) is 4.28. The van der Waals surface area contributed by atoms with Gasteiger partial charge in [-0.05, 0) is 18.8 Å². The molecule has 1 saturated heterocycles. The Hall–Kier alpha value is -0.610. The van der Waals surface area contributed by atoms with Gasteiger partial charge in [-0.1, -0.05) is 0 Å². The van der Waals surface area contributed by atoms with E-state index in [2.05, 4.69) is 15.0 Å². The number of esters is 1. The number of nitrogens with zero attached hydrogens (tertiary/aromatic N) is 1. The predicted molar refractivity (Wildman–Crippen MR) is 53.0 cm³/mol. The zero-order chi connectivity index (χ0) is 9.97. The largest absolute Gasteiger partial charge is 0.468 e. The average Bonchev–Trinajstić information content (AvgIpc) is 2.91. The lowest BCUT2D eigenvalue weighted by atomic mass is 10.00. The molecule has 80 valence electrons. The quantitative estimate of drug-likeness (QED) is 0.623. The highest BCUT2D eigenvalue weighted by Crippen LogP contribution is 2.32. The smallest absolute Gasteiger partial charge is 0.319 e. The number of ether oxygens (including phenoxy) is 1. The highest BCUT2D eigenvalue weighted by molar-refractivity contribution is 5.71. The first-order valence-electron chi connectivity index (χ1n) is 5.31. The summed E-state index contributed by atoms with van der Waals surface area (Å²) in [6.07, 6.45) is 2.78. The third kappa shape index (κ3) is 2.45. The van der Waals surface area contributed by atoms with Gasteiger partial charge in [-0.3, -0.25) is 9.69 Å². The third-order valence-electron chi connectivity index (χ3n) is 2.98. The Morgan fingerprint density at radius 1 is 1.50 bits per heavy atom. The molecule has 2 rings (SSSR count). The zero-order valence-electron chi connectivity index (χ0n) is 8.66. The Bertz CT molecular complexity index is 210. The van der Waals surface area contributed by atoms with Crippen molar-refractivity contribution >= 4 is 5.97 Å². The number of rotatable bonds is 5. The van der Waals surface area contributed by atoms with Crippen LogP contribution < -0.4 is 5.32 Å². The lowest BCUT2D eigenvalue weighted by Crippen LogP contribution is -2.51. The van der Waals surface area contributed by atoms with Gasteiger partial charge in [0, 0.05) is 25.7 Å². The van der Waals surface area contributed by atoms with Gasteiger partial charge >= 0.3 is 5.97 Å². The number of nitrogens with one attached hydrogen (secondary N) is 1. The molecule has 2 aliphatic rings. The lowest BCUT2D eigenvalue weighted by Gasteiger charge is -2.39. The van der Waals surface area contributed by atoms with Gasteiger partial charge in [0.2, 0.25) is 0 Å². The lowest BCUT2D eigenvalue weighted by molar-refractivity contribution is -0.139. The summed E-state index contributed by atoms with van der Waals surface area (Å²) in [6.45, 7) is 3.70. The number of likely N-dealkylation sites (tertiary alicyclic amines) is 1. The second-order valence-corrected chi connectivity index (χ2v) is 4.26. The van der Waals surface area contributed by atoms with Gasteiger partial charge in [0.25, 0.3) is 0 Å². The van der Waals surface area contributed by atoms with Gasteiger partial charge in [-0.25, -0.2) is 0 Å². The van der Waals surface area contributed by atoms with E-state index in [0.717, 1.165) is 18.5 Å². The summed E-state index contributed by atoms with van der Waals surface area (Å²) < 4.78 is 4.54. The minimum absolute atomic E-state index is 0.177. The van der Waals surface area contributed by atoms with Crippen LogP contribution in [0, 0.1) is 5.92 Å². The number of carbonyl (C=O) groups is 1. The summed E-state index contributed by atoms with van der Waals surface area (Å²) in [5, 5.41) is 3.12. The molecule has 14 heavy (non-hydrogen) atoms. The van der Waals surface area contributed by atoms with Crippen molar-refractivity contribution in [3.05, 3.63) is 0 Å². The van der Waals surface area contributed by atoms with Crippen molar-refractivity contribution in [3.63, 3.8) is 0 Å². The molecule has 2 fully saturated rings. The van der Waals surface area contributed by atoms with Gasteiger partial charge in [0.05, 0.1) is 13.7 Å². The maximum atomic E-state index is 10.8. The topological polar surface area (TPSA) is 41.6 Å². The Balaban J connectivity index is 1.49. The van der Waals surface area contributed by atoms with Gasteiger partial charge in [0.15, 0.2) is 0 Å². The van der Waals surface area contributed by atoms with Crippen molar-refractivity contribution in [3.8, 4) is 0 Å². The van der Waals surface area contributed by atoms with E-state index in [0.29, 0.717) is 6.54 Å². The van der Waals surface area contributed by atoms with Crippen LogP contribution in [0.5, 0.6) is 0 Å². The van der Waals surface area contributed by atoms with Crippen molar-refractivity contribution in [2.45, 2.75) is 18.9 Å². The molecule has 0 unspecified atom stereocenters. The fourth-order valence-corrected chi connectivity index (χ4v) is 1.93. The molecule has 0 aromatic carbocycles. The normalized spacial score (nSPS) is 23.2. The molecule has 1 saturated carbocycles. The van der Waals surface area contributed by atoms with Crippen LogP contribution >= 0.6 is 0 Å². The van der Waals surface area contributed by atoms with Crippen LogP contribution in [0.1, 0.15) is 12.8 Å². The van der Waals surface area contributed by atoms with E-state index in [1.54, 1.807) is 0 Å². The molecule has 1 N–H and O–H groups in total. The molecule has 4 nitrogen and oxygen atoms in total. The van der Waals surface area contributed by atoms with Gasteiger partial charge in [-0.15, -0.1) is 0 Å². The van der Waals surface area contributed by atoms with Crippen molar-refractivity contribution in [1.29, 1.82) is 0 Å². The van der Waals surface area contributed by atoms with Gasteiger partial charge in [0.1, 0.15) is 0 Å². The molecule has 0 atom stereocenters. The molecule has 0 radical (unpaired) electrons. The first kappa shape index (κ1) is 9.93. The summed E-state index contributed by atoms with van der Waals surface area (Å²) in [6, 6.07) is 0.895. The number of carbonyl (C=O) groups excluding carboxylic acids is 1. The summed E-state index contributed by atoms with van der Waals surface area (Å²) >= 11 is 0. The van der Waals surface area contributed by atoms with Crippen LogP contribution in [0.25, 0.3) is 0 Å². The zero-order valence-corrected chi connectivity index (χ0v) is 8.66. The standard InChI is InChI=1S/C10H18N2O2/c1-14-10(13)5-11-4-8-6-12(7-8)9-2-3-9/h8-9,11H,2-7H2,1H3. The molecule has 0 aromatic heterocycles. The average molecular weight is 198 g/mol. The minimum atomic E-state index is -0.177. The highest BCUT2D eigenvalue weighted by atomic mass is 16.5. The van der Waals surface area contributed by atoms with Crippen LogP contribution in [0.15, 0.2) is 0 Å². The summed E-state index contributed by atoms with van der Waals surface area (Å²) in [4.78, 5) is 13.3. The summed E-state index contributed by atoms with van der Waals surface area (Å²) in [7, 11) is 1.42. The van der Waals surface area contributed by atoms with Crippen LogP contribution in [0.4, 0.5) is 0 Å². The Morgan fingerprint density at radius 2 is 2.21 bits per heavy atom. The first-order chi connectivity index (χ1) is 6.79. The van der Waals surface area contributed by atoms with Gasteiger partial charge < -0.3 is 10.1 Å². The second-order valence-electron chi connectivity index (χ2n) is 4.26. The van der Waals surface area contributed by atoms with Crippen LogP contribution in [0.2, 0.25) is 0 Å². The third-order valence-corrected chi connectivity index (χ3v) is 2.98. The molecular formula is C10H18N2O2. The first-order valence-corrected chi connectivity index (χ1v) is 5.31. The molecule has 4 heteroatoms. The van der Waals surface area contributed by atoms with Gasteiger partial charge in [-0.2, -0.15) is 0 Å². The van der Waals surface area contributed by atoms with E-state index in [1.807, 2.05) is 0 Å². The highest BCUT2D eigenvalue weighted by Gasteiger charge is 2.37. The van der Waals surface area contributed by atoms with E-state index in [1.165, 1.54) is 33.0 Å². The van der Waals surface area contributed by atoms with Crippen molar-refractivity contribution < 1.29 is 9.53 Å². The van der Waals surface area contributed by atoms with Crippen LogP contribution in [-0.4, -0.2) is 50.2 Å². The van der Waals surface area contributed by atoms with Crippen molar-refractivity contribution in [2.24, 2.45) is 5.92 Å². The molecule has 1 heterocycles. The monoisotopic (exact) mass is 198 g/mol. The van der Waals surface area contributed by atoms with E-state index in [9.17, 15) is 4.79 Å². The molecule has 1 aliphatic carbocycles. The molecule has 0 bridgehead atoms. The number of hydrogen-bond acceptors (Lipinski definition) is 4. The van der Waals surface area contributed by atoms with E-state index in [4.69, 9.17) is 0 Å². The Labute approximate surface area is 84.6 Å². The van der Waals surface area contributed by atoms with Crippen molar-refractivity contribution in [2.75, 3.05) is 33.3 Å². The molecule has 0 spiro atoms. The number of hydrogen-bond donors (Lipinski definition) is 1. The SMILES string of the molecule is COC(=O)CNCC1CN(C2CC2)C1. The van der Waals surface area contributed by atoms with E-state index >= 15 is 0 Å². The summed E-state index contributed by atoms with van der Waals surface area (Å²) in [5.74, 6) is 0.559. The number of methoxy groups -OCH3 is 1. The predicted octanol–water partition coefficient (Wildman–Crippen LogP) is -0.157. The Morgan fingerprint density at radius 3 is 2.79 bits per heavy atom. The fourth-order valence-electron chi connectivity index (χ4n) is 1.93. The Kier molecular flexibility index (Phi) is 3.03. The van der Waals surface area contributed by atoms with Crippen LogP contribution in [-0.2, 0) is 9.53 Å². The maximum absolute atomic E-state index is 10.8. The molecule has 0 aromatic rings. The fraction of sp³-hybridized carbons (Fsp3) is 0.900. The summed E-state index contributed by atoms with van der Waals surface area (Å²) in [5.41, 5.74) is 0. The molecule has 1 aliphatic heterocycles.